The Kier molecular flexibility index (Phi) is 4.18. The third-order valence-corrected chi connectivity index (χ3v) is 4.82. The average molecular weight is 286 g/mol. The molecule has 3 rings (SSSR count). The lowest BCUT2D eigenvalue weighted by Gasteiger charge is -2.37. The molecule has 4 unspecified atom stereocenters. The van der Waals surface area contributed by atoms with Gasteiger partial charge in [-0.3, -0.25) is 10.1 Å². The van der Waals surface area contributed by atoms with Gasteiger partial charge < -0.3 is 10.4 Å². The van der Waals surface area contributed by atoms with Crippen molar-refractivity contribution in [2.24, 2.45) is 0 Å². The van der Waals surface area contributed by atoms with Crippen LogP contribution in [0.2, 0.25) is 0 Å². The van der Waals surface area contributed by atoms with Crippen molar-refractivity contribution in [3.8, 4) is 0 Å². The zero-order valence-electron chi connectivity index (χ0n) is 11.3. The van der Waals surface area contributed by atoms with Crippen molar-refractivity contribution in [1.29, 1.82) is 0 Å². The first-order chi connectivity index (χ1) is 9.65. The molecule has 3 aliphatic rings. The summed E-state index contributed by atoms with van der Waals surface area (Å²) in [4.78, 5) is 15.9. The number of aliphatic hydroxyl groups is 1. The Labute approximate surface area is 117 Å². The van der Waals surface area contributed by atoms with Gasteiger partial charge in [-0.1, -0.05) is 0 Å². The highest BCUT2D eigenvalue weighted by Crippen LogP contribution is 2.27. The molecule has 0 bridgehead atoms. The monoisotopic (exact) mass is 286 g/mol. The third kappa shape index (κ3) is 2.79. The van der Waals surface area contributed by atoms with Gasteiger partial charge in [0.2, 0.25) is 6.04 Å². The van der Waals surface area contributed by atoms with E-state index in [-0.39, 0.29) is 29.2 Å². The maximum absolute atomic E-state index is 11.1. The van der Waals surface area contributed by atoms with Crippen molar-refractivity contribution in [3.05, 3.63) is 10.1 Å². The van der Waals surface area contributed by atoms with Gasteiger partial charge in [-0.2, -0.15) is 11.0 Å². The Bertz CT molecular complexity index is 361. The third-order valence-electron chi connectivity index (χ3n) is 4.82. The number of hydroxylamine groups is 2. The standard InChI is InChI=1S/C12H22N4O4/c17-8-3-1-7(2-4-8)13-9-5-6-10(16(18)19)12-11(9)14-20-15-12/h7-15,17H,1-6H2. The largest absolute Gasteiger partial charge is 0.393 e. The molecule has 8 heteroatoms. The van der Waals surface area contributed by atoms with Gasteiger partial charge in [0.25, 0.3) is 0 Å². The molecule has 0 amide bonds. The highest BCUT2D eigenvalue weighted by molar-refractivity contribution is 5.01. The molecule has 0 radical (unpaired) electrons. The predicted molar refractivity (Wildman–Crippen MR) is 70.1 cm³/mol. The van der Waals surface area contributed by atoms with Crippen molar-refractivity contribution in [2.45, 2.75) is 74.8 Å². The first-order valence-corrected chi connectivity index (χ1v) is 7.39. The summed E-state index contributed by atoms with van der Waals surface area (Å²) in [6.07, 6.45) is 4.74. The first-order valence-electron chi connectivity index (χ1n) is 7.39. The number of nitrogens with one attached hydrogen (secondary N) is 3. The van der Waals surface area contributed by atoms with E-state index in [1.54, 1.807) is 0 Å². The van der Waals surface area contributed by atoms with Crippen LogP contribution in [0.3, 0.4) is 0 Å². The van der Waals surface area contributed by atoms with E-state index in [4.69, 9.17) is 4.94 Å². The van der Waals surface area contributed by atoms with Crippen LogP contribution >= 0.6 is 0 Å². The van der Waals surface area contributed by atoms with Crippen LogP contribution < -0.4 is 16.3 Å². The lowest BCUT2D eigenvalue weighted by molar-refractivity contribution is -0.530. The SMILES string of the molecule is O=[N+]([O-])C1CCC(NC2CCC(O)CC2)C2NONC21. The molecule has 2 aliphatic carbocycles. The lowest BCUT2D eigenvalue weighted by Crippen LogP contribution is -2.61. The van der Waals surface area contributed by atoms with E-state index in [9.17, 15) is 15.2 Å². The van der Waals surface area contributed by atoms with Crippen molar-refractivity contribution < 1.29 is 15.0 Å². The van der Waals surface area contributed by atoms with Gasteiger partial charge in [-0.05, 0) is 32.1 Å². The topological polar surface area (TPSA) is 109 Å². The summed E-state index contributed by atoms with van der Waals surface area (Å²) in [5.74, 6) is 0. The van der Waals surface area contributed by atoms with Crippen LogP contribution in [0.1, 0.15) is 38.5 Å². The fourth-order valence-corrected chi connectivity index (χ4v) is 3.65. The Morgan fingerprint density at radius 2 is 1.80 bits per heavy atom. The number of hydrogen-bond acceptors (Lipinski definition) is 7. The van der Waals surface area contributed by atoms with Gasteiger partial charge in [0, 0.05) is 23.4 Å². The van der Waals surface area contributed by atoms with Crippen LogP contribution in [0, 0.1) is 10.1 Å². The van der Waals surface area contributed by atoms with Gasteiger partial charge in [-0.25, -0.2) is 4.94 Å². The minimum atomic E-state index is -0.596. The molecule has 2 saturated carbocycles. The molecule has 114 valence electrons. The first kappa shape index (κ1) is 14.2. The number of rotatable bonds is 3. The van der Waals surface area contributed by atoms with Crippen LogP contribution in [-0.2, 0) is 4.94 Å². The Balaban J connectivity index is 1.59. The summed E-state index contributed by atoms with van der Waals surface area (Å²) >= 11 is 0. The minimum absolute atomic E-state index is 0.0778. The smallest absolute Gasteiger partial charge is 0.232 e. The molecule has 1 saturated heterocycles. The number of aliphatic hydroxyl groups excluding tert-OH is 1. The molecule has 0 aromatic heterocycles. The van der Waals surface area contributed by atoms with Crippen LogP contribution in [0.5, 0.6) is 0 Å². The fourth-order valence-electron chi connectivity index (χ4n) is 3.65. The van der Waals surface area contributed by atoms with E-state index >= 15 is 0 Å². The van der Waals surface area contributed by atoms with E-state index in [0.29, 0.717) is 12.5 Å². The van der Waals surface area contributed by atoms with Crippen molar-refractivity contribution in [1.82, 2.24) is 16.3 Å². The normalized spacial score (nSPS) is 45.0. The highest BCUT2D eigenvalue weighted by atomic mass is 16.8. The van der Waals surface area contributed by atoms with Crippen molar-refractivity contribution >= 4 is 0 Å². The van der Waals surface area contributed by atoms with Crippen LogP contribution in [0.15, 0.2) is 0 Å². The molecule has 0 aromatic rings. The van der Waals surface area contributed by atoms with Crippen LogP contribution in [-0.4, -0.2) is 46.3 Å². The van der Waals surface area contributed by atoms with Gasteiger partial charge in [0.05, 0.1) is 12.1 Å². The summed E-state index contributed by atoms with van der Waals surface area (Å²) in [6.45, 7) is 0. The highest BCUT2D eigenvalue weighted by Gasteiger charge is 2.49. The molecule has 1 aliphatic heterocycles. The van der Waals surface area contributed by atoms with Gasteiger partial charge in [0.1, 0.15) is 6.04 Å². The van der Waals surface area contributed by atoms with E-state index < -0.39 is 6.04 Å². The number of fused-ring (bicyclic) bond motifs is 1. The molecule has 4 atom stereocenters. The average Bonchev–Trinajstić information content (AvgIpc) is 2.91. The summed E-state index contributed by atoms with van der Waals surface area (Å²) in [5.41, 5.74) is 5.60. The van der Waals surface area contributed by atoms with Crippen molar-refractivity contribution in [3.63, 3.8) is 0 Å². The van der Waals surface area contributed by atoms with Gasteiger partial charge in [0.15, 0.2) is 0 Å². The van der Waals surface area contributed by atoms with E-state index in [0.717, 1.165) is 32.1 Å². The van der Waals surface area contributed by atoms with Crippen molar-refractivity contribution in [2.75, 3.05) is 0 Å². The summed E-state index contributed by atoms with van der Waals surface area (Å²) in [7, 11) is 0. The Morgan fingerprint density at radius 1 is 1.10 bits per heavy atom. The maximum Gasteiger partial charge on any atom is 0.232 e. The quantitative estimate of drug-likeness (QED) is 0.408. The van der Waals surface area contributed by atoms with Gasteiger partial charge >= 0.3 is 0 Å². The summed E-state index contributed by atoms with van der Waals surface area (Å²) < 4.78 is 0. The molecule has 1 heterocycles. The molecule has 3 fully saturated rings. The second-order valence-corrected chi connectivity index (χ2v) is 6.10. The molecular weight excluding hydrogens is 264 g/mol. The molecule has 0 spiro atoms. The number of nitro groups is 1. The zero-order valence-corrected chi connectivity index (χ0v) is 11.3. The Hall–Kier alpha value is -0.800. The minimum Gasteiger partial charge on any atom is -0.393 e. The second kappa shape index (κ2) is 5.90. The van der Waals surface area contributed by atoms with E-state index in [1.807, 2.05) is 0 Å². The number of hydrogen-bond donors (Lipinski definition) is 4. The van der Waals surface area contributed by atoms with Crippen LogP contribution in [0.25, 0.3) is 0 Å². The molecule has 8 nitrogen and oxygen atoms in total. The molecule has 4 N–H and O–H groups in total. The van der Waals surface area contributed by atoms with Gasteiger partial charge in [-0.15, -0.1) is 0 Å². The Morgan fingerprint density at radius 3 is 2.50 bits per heavy atom. The van der Waals surface area contributed by atoms with E-state index in [2.05, 4.69) is 16.3 Å². The van der Waals surface area contributed by atoms with Crippen LogP contribution in [0.4, 0.5) is 0 Å². The number of nitrogens with zero attached hydrogens (tertiary/aromatic N) is 1. The predicted octanol–water partition coefficient (Wildman–Crippen LogP) is -0.536. The second-order valence-electron chi connectivity index (χ2n) is 6.10. The molecular formula is C12H22N4O4. The van der Waals surface area contributed by atoms with E-state index in [1.165, 1.54) is 0 Å². The maximum atomic E-state index is 11.1. The zero-order chi connectivity index (χ0) is 14.1. The molecule has 0 aromatic carbocycles. The molecule has 20 heavy (non-hydrogen) atoms. The lowest BCUT2D eigenvalue weighted by atomic mass is 9.82. The summed E-state index contributed by atoms with van der Waals surface area (Å²) in [6, 6.07) is -0.400. The summed E-state index contributed by atoms with van der Waals surface area (Å²) in [5, 5.41) is 24.2. The fraction of sp³-hybridized carbons (Fsp3) is 1.00.